The van der Waals surface area contributed by atoms with Crippen molar-refractivity contribution >= 4 is 17.8 Å². The highest BCUT2D eigenvalue weighted by Crippen LogP contribution is 2.32. The lowest BCUT2D eigenvalue weighted by molar-refractivity contribution is -0.274. The summed E-state index contributed by atoms with van der Waals surface area (Å²) in [5, 5.41) is 2.60. The fourth-order valence-electron chi connectivity index (χ4n) is 5.22. The number of amides is 1. The van der Waals surface area contributed by atoms with Crippen LogP contribution in [0.15, 0.2) is 66.9 Å². The number of halogens is 3. The number of nitrogens with zero attached hydrogens (tertiary/aromatic N) is 1. The number of methoxy groups -OCH3 is 1. The molecule has 0 radical (unpaired) electrons. The largest absolute Gasteiger partial charge is 0.573 e. The summed E-state index contributed by atoms with van der Waals surface area (Å²) >= 11 is 0. The maximum absolute atomic E-state index is 13.4. The van der Waals surface area contributed by atoms with Crippen LogP contribution in [0.2, 0.25) is 0 Å². The molecule has 1 saturated heterocycles. The van der Waals surface area contributed by atoms with E-state index >= 15 is 0 Å². The van der Waals surface area contributed by atoms with Gasteiger partial charge in [0, 0.05) is 25.1 Å². The molecule has 1 amide bonds. The van der Waals surface area contributed by atoms with E-state index in [4.69, 9.17) is 23.7 Å². The first kappa shape index (κ1) is 35.0. The van der Waals surface area contributed by atoms with Crippen LogP contribution in [0.4, 0.5) is 13.2 Å². The van der Waals surface area contributed by atoms with Gasteiger partial charge in [-0.2, -0.15) is 0 Å². The van der Waals surface area contributed by atoms with Crippen LogP contribution in [0, 0.1) is 11.8 Å². The van der Waals surface area contributed by atoms with E-state index in [0.717, 1.165) is 5.56 Å². The summed E-state index contributed by atoms with van der Waals surface area (Å²) in [6.45, 7) is 2.39. The summed E-state index contributed by atoms with van der Waals surface area (Å²) in [7, 11) is 1.35. The van der Waals surface area contributed by atoms with Gasteiger partial charge in [0.15, 0.2) is 23.2 Å². The van der Waals surface area contributed by atoms with E-state index in [2.05, 4.69) is 15.0 Å². The molecule has 0 saturated carbocycles. The van der Waals surface area contributed by atoms with Gasteiger partial charge in [-0.05, 0) is 48.9 Å². The third-order valence-corrected chi connectivity index (χ3v) is 7.45. The first-order chi connectivity index (χ1) is 22.4. The molecule has 2 heterocycles. The smallest absolute Gasteiger partial charge is 0.493 e. The standard InChI is InChI=1S/C33H35F3N2O9/c1-20-26(16-23-9-11-25(12-10-23)47-33(34,35)36)24(15-22-7-5-4-6-8-22)17-43-18-27(32(41)46-20)38-31(40)29-30(45-19-44-21(2)39)28(42-3)13-14-37-29/h4-14,20,24,26-27H,15-19H2,1-3H3,(H,38,40)/t20-,24-,26-,27-/m0/s1. The average Bonchev–Trinajstić information content (AvgIpc) is 3.07. The van der Waals surface area contributed by atoms with Crippen LogP contribution in [0.1, 0.15) is 35.5 Å². The molecule has 1 fully saturated rings. The van der Waals surface area contributed by atoms with Crippen molar-refractivity contribution in [3.05, 3.63) is 83.7 Å². The lowest BCUT2D eigenvalue weighted by Gasteiger charge is -2.31. The molecule has 1 aromatic heterocycles. The van der Waals surface area contributed by atoms with Crippen molar-refractivity contribution in [3.63, 3.8) is 0 Å². The second-order valence-electron chi connectivity index (χ2n) is 10.8. The molecule has 4 atom stereocenters. The van der Waals surface area contributed by atoms with Gasteiger partial charge in [0.1, 0.15) is 11.9 Å². The summed E-state index contributed by atoms with van der Waals surface area (Å²) < 4.78 is 69.5. The van der Waals surface area contributed by atoms with Crippen LogP contribution in [-0.2, 0) is 36.6 Å². The van der Waals surface area contributed by atoms with Gasteiger partial charge in [-0.15, -0.1) is 13.2 Å². The molecule has 14 heteroatoms. The normalized spacial score (nSPS) is 20.1. The first-order valence-electron chi connectivity index (χ1n) is 14.7. The Hall–Kier alpha value is -4.85. The number of ether oxygens (including phenoxy) is 6. The van der Waals surface area contributed by atoms with Crippen molar-refractivity contribution in [2.75, 3.05) is 27.1 Å². The van der Waals surface area contributed by atoms with Gasteiger partial charge in [0.2, 0.25) is 6.79 Å². The van der Waals surface area contributed by atoms with Gasteiger partial charge in [0.25, 0.3) is 5.91 Å². The van der Waals surface area contributed by atoms with E-state index in [1.807, 2.05) is 30.3 Å². The zero-order valence-corrected chi connectivity index (χ0v) is 26.0. The number of hydrogen-bond donors (Lipinski definition) is 1. The minimum atomic E-state index is -4.81. The van der Waals surface area contributed by atoms with Gasteiger partial charge in [0.05, 0.1) is 20.3 Å². The third-order valence-electron chi connectivity index (χ3n) is 7.45. The molecule has 1 aliphatic heterocycles. The molecule has 3 aromatic rings. The van der Waals surface area contributed by atoms with Crippen LogP contribution in [0.5, 0.6) is 17.2 Å². The lowest BCUT2D eigenvalue weighted by atomic mass is 9.80. The highest BCUT2D eigenvalue weighted by molar-refractivity contribution is 5.98. The van der Waals surface area contributed by atoms with Gasteiger partial charge >= 0.3 is 18.3 Å². The Labute approximate surface area is 269 Å². The van der Waals surface area contributed by atoms with Crippen LogP contribution in [0.25, 0.3) is 0 Å². The minimum absolute atomic E-state index is 0.103. The molecule has 2 aromatic carbocycles. The summed E-state index contributed by atoms with van der Waals surface area (Å²) in [6.07, 6.45) is -3.26. The number of esters is 2. The van der Waals surface area contributed by atoms with Crippen molar-refractivity contribution in [2.24, 2.45) is 11.8 Å². The zero-order chi connectivity index (χ0) is 34.0. The SMILES string of the molecule is COc1ccnc(C(=O)N[C@H]2COC[C@H](Cc3ccccc3)[C@@H](Cc3ccc(OC(F)(F)F)cc3)[C@H](C)OC2=O)c1OCOC(C)=O. The second-order valence-corrected chi connectivity index (χ2v) is 10.8. The van der Waals surface area contributed by atoms with Gasteiger partial charge in [-0.3, -0.25) is 9.59 Å². The van der Waals surface area contributed by atoms with Crippen LogP contribution in [0.3, 0.4) is 0 Å². The quantitative estimate of drug-likeness (QED) is 0.229. The molecule has 252 valence electrons. The summed E-state index contributed by atoms with van der Waals surface area (Å²) in [6, 6.07) is 15.4. The molecule has 0 unspecified atom stereocenters. The number of cyclic esters (lactones) is 1. The molecule has 0 spiro atoms. The number of nitrogens with one attached hydrogen (secondary N) is 1. The number of carbonyl (C=O) groups excluding carboxylic acids is 3. The second kappa shape index (κ2) is 16.1. The number of rotatable bonds is 11. The molecule has 11 nitrogen and oxygen atoms in total. The Morgan fingerprint density at radius 3 is 2.36 bits per heavy atom. The highest BCUT2D eigenvalue weighted by atomic mass is 19.4. The number of hydrogen-bond acceptors (Lipinski definition) is 10. The molecule has 1 N–H and O–H groups in total. The number of aromatic nitrogens is 1. The molecule has 4 rings (SSSR count). The molecule has 0 aliphatic carbocycles. The van der Waals surface area contributed by atoms with E-state index in [1.165, 1.54) is 50.6 Å². The Balaban J connectivity index is 1.54. The Bertz CT molecular complexity index is 1500. The fourth-order valence-corrected chi connectivity index (χ4v) is 5.22. The maximum Gasteiger partial charge on any atom is 0.573 e. The number of alkyl halides is 3. The van der Waals surface area contributed by atoms with Crippen LogP contribution in [-0.4, -0.2) is 68.5 Å². The van der Waals surface area contributed by atoms with Crippen molar-refractivity contribution in [1.82, 2.24) is 10.3 Å². The number of carbonyl (C=O) groups is 3. The predicted molar refractivity (Wildman–Crippen MR) is 160 cm³/mol. The van der Waals surface area contributed by atoms with E-state index in [0.29, 0.717) is 18.4 Å². The number of benzene rings is 2. The van der Waals surface area contributed by atoms with E-state index in [1.54, 1.807) is 6.92 Å². The van der Waals surface area contributed by atoms with E-state index in [9.17, 15) is 27.6 Å². The van der Waals surface area contributed by atoms with E-state index in [-0.39, 0.29) is 48.0 Å². The van der Waals surface area contributed by atoms with Crippen molar-refractivity contribution in [1.29, 1.82) is 0 Å². The Morgan fingerprint density at radius 1 is 1.00 bits per heavy atom. The van der Waals surface area contributed by atoms with Gasteiger partial charge in [-0.1, -0.05) is 42.5 Å². The summed E-state index contributed by atoms with van der Waals surface area (Å²) in [5.41, 5.74) is 1.50. The third kappa shape index (κ3) is 10.3. The van der Waals surface area contributed by atoms with Crippen molar-refractivity contribution in [2.45, 2.75) is 45.2 Å². The van der Waals surface area contributed by atoms with E-state index < -0.39 is 43.1 Å². The fraction of sp³-hybridized carbons (Fsp3) is 0.394. The van der Waals surface area contributed by atoms with Crippen molar-refractivity contribution in [3.8, 4) is 17.2 Å². The monoisotopic (exact) mass is 660 g/mol. The first-order valence-corrected chi connectivity index (χ1v) is 14.7. The molecule has 0 bridgehead atoms. The van der Waals surface area contributed by atoms with Gasteiger partial charge in [-0.25, -0.2) is 9.78 Å². The van der Waals surface area contributed by atoms with Crippen molar-refractivity contribution < 1.29 is 56.0 Å². The van der Waals surface area contributed by atoms with Crippen LogP contribution >= 0.6 is 0 Å². The topological polar surface area (TPSA) is 132 Å². The molecule has 47 heavy (non-hydrogen) atoms. The predicted octanol–water partition coefficient (Wildman–Crippen LogP) is 4.67. The maximum atomic E-state index is 13.4. The molecule has 1 aliphatic rings. The zero-order valence-electron chi connectivity index (χ0n) is 26.0. The minimum Gasteiger partial charge on any atom is -0.493 e. The summed E-state index contributed by atoms with van der Waals surface area (Å²) in [5.74, 6) is -2.95. The van der Waals surface area contributed by atoms with Crippen LogP contribution < -0.4 is 19.5 Å². The average molecular weight is 661 g/mol. The Morgan fingerprint density at radius 2 is 1.70 bits per heavy atom. The summed E-state index contributed by atoms with van der Waals surface area (Å²) in [4.78, 5) is 42.1. The van der Waals surface area contributed by atoms with Gasteiger partial charge < -0.3 is 33.7 Å². The lowest BCUT2D eigenvalue weighted by Crippen LogP contribution is -2.46. The number of pyridine rings is 1. The molecular weight excluding hydrogens is 625 g/mol. The molecular formula is C33H35F3N2O9. The highest BCUT2D eigenvalue weighted by Gasteiger charge is 2.36. The Kier molecular flexibility index (Phi) is 12.0.